The Bertz CT molecular complexity index is 368. The third kappa shape index (κ3) is 3.64. The lowest BCUT2D eigenvalue weighted by atomic mass is 10.0. The number of likely N-dealkylation sites (N-methyl/N-ethyl adjacent to an activating group) is 1. The van der Waals surface area contributed by atoms with Crippen LogP contribution in [0.1, 0.15) is 13.8 Å². The van der Waals surface area contributed by atoms with Gasteiger partial charge in [-0.2, -0.15) is 13.2 Å². The topological polar surface area (TPSA) is 69.6 Å². The van der Waals surface area contributed by atoms with Gasteiger partial charge in [0.1, 0.15) is 0 Å². The number of rotatable bonds is 4. The molecule has 0 rings (SSSR count). The Hall–Kier alpha value is -1.73. The van der Waals surface area contributed by atoms with Crippen LogP contribution in [-0.2, 0) is 4.79 Å². The quantitative estimate of drug-likeness (QED) is 0.761. The molecule has 0 aromatic rings. The summed E-state index contributed by atoms with van der Waals surface area (Å²) in [5, 5.41) is 10.1. The Morgan fingerprint density at radius 1 is 1.39 bits per heavy atom. The minimum absolute atomic E-state index is 0.0272. The SMILES string of the molecule is C=C(C)CN(C)C(=O)NC(C)(C(=O)O)C(F)(F)F. The zero-order valence-corrected chi connectivity index (χ0v) is 10.3. The first-order valence-corrected chi connectivity index (χ1v) is 4.89. The van der Waals surface area contributed by atoms with Crippen molar-refractivity contribution in [3.63, 3.8) is 0 Å². The molecular weight excluding hydrogens is 253 g/mol. The van der Waals surface area contributed by atoms with Crippen molar-refractivity contribution in [2.24, 2.45) is 0 Å². The Balaban J connectivity index is 4.98. The number of hydrogen-bond acceptors (Lipinski definition) is 2. The average Bonchev–Trinajstić information content (AvgIpc) is 2.13. The lowest BCUT2D eigenvalue weighted by Crippen LogP contribution is -2.63. The van der Waals surface area contributed by atoms with E-state index < -0.39 is 23.7 Å². The molecule has 2 N–H and O–H groups in total. The first-order chi connectivity index (χ1) is 7.91. The molecule has 5 nitrogen and oxygen atoms in total. The Morgan fingerprint density at radius 3 is 2.11 bits per heavy atom. The number of amides is 2. The number of urea groups is 1. The van der Waals surface area contributed by atoms with Crippen LogP contribution in [0.3, 0.4) is 0 Å². The van der Waals surface area contributed by atoms with Crippen LogP contribution >= 0.6 is 0 Å². The largest absolute Gasteiger partial charge is 0.479 e. The Kier molecular flexibility index (Phi) is 4.77. The second-order valence-electron chi connectivity index (χ2n) is 4.17. The number of carbonyl (C=O) groups is 2. The summed E-state index contributed by atoms with van der Waals surface area (Å²) in [6.07, 6.45) is -5.10. The van der Waals surface area contributed by atoms with Crippen LogP contribution < -0.4 is 5.32 Å². The molecule has 0 saturated heterocycles. The van der Waals surface area contributed by atoms with Gasteiger partial charge in [0, 0.05) is 13.6 Å². The Morgan fingerprint density at radius 2 is 1.83 bits per heavy atom. The van der Waals surface area contributed by atoms with Gasteiger partial charge in [-0.3, -0.25) is 0 Å². The molecule has 0 spiro atoms. The van der Waals surface area contributed by atoms with E-state index in [1.165, 1.54) is 12.4 Å². The predicted octanol–water partition coefficient (Wildman–Crippen LogP) is 1.61. The van der Waals surface area contributed by atoms with E-state index in [9.17, 15) is 22.8 Å². The second-order valence-corrected chi connectivity index (χ2v) is 4.17. The molecule has 18 heavy (non-hydrogen) atoms. The summed E-state index contributed by atoms with van der Waals surface area (Å²) >= 11 is 0. The number of carboxylic acid groups (broad SMARTS) is 1. The van der Waals surface area contributed by atoms with E-state index in [0.29, 0.717) is 12.5 Å². The van der Waals surface area contributed by atoms with Gasteiger partial charge in [0.05, 0.1) is 0 Å². The number of hydrogen-bond donors (Lipinski definition) is 2. The highest BCUT2D eigenvalue weighted by Gasteiger charge is 2.58. The Labute approximate surface area is 102 Å². The number of carboxylic acids is 1. The van der Waals surface area contributed by atoms with Gasteiger partial charge in [-0.05, 0) is 13.8 Å². The van der Waals surface area contributed by atoms with Crippen LogP contribution in [-0.4, -0.2) is 47.3 Å². The third-order valence-electron chi connectivity index (χ3n) is 2.21. The number of nitrogens with zero attached hydrogens (tertiary/aromatic N) is 1. The van der Waals surface area contributed by atoms with E-state index in [4.69, 9.17) is 5.11 Å². The molecule has 104 valence electrons. The molecule has 1 atom stereocenters. The third-order valence-corrected chi connectivity index (χ3v) is 2.21. The number of nitrogens with one attached hydrogen (secondary N) is 1. The molecule has 0 saturated carbocycles. The first kappa shape index (κ1) is 16.3. The van der Waals surface area contributed by atoms with Crippen molar-refractivity contribution in [1.29, 1.82) is 0 Å². The standard InChI is InChI=1S/C10H15F3N2O3/c1-6(2)5-15(4)8(18)14-9(3,7(16)17)10(11,12)13/h1,5H2,2-4H3,(H,14,18)(H,16,17). The first-order valence-electron chi connectivity index (χ1n) is 4.89. The number of aliphatic carboxylic acids is 1. The highest BCUT2D eigenvalue weighted by Crippen LogP contribution is 2.30. The van der Waals surface area contributed by atoms with Crippen molar-refractivity contribution in [1.82, 2.24) is 10.2 Å². The molecule has 1 unspecified atom stereocenters. The molecule has 0 aromatic carbocycles. The summed E-state index contributed by atoms with van der Waals surface area (Å²) in [6, 6.07) is -1.14. The van der Waals surface area contributed by atoms with E-state index in [-0.39, 0.29) is 6.54 Å². The van der Waals surface area contributed by atoms with Crippen LogP contribution in [0.25, 0.3) is 0 Å². The second kappa shape index (κ2) is 5.28. The monoisotopic (exact) mass is 268 g/mol. The van der Waals surface area contributed by atoms with Crippen molar-refractivity contribution >= 4 is 12.0 Å². The van der Waals surface area contributed by atoms with Gasteiger partial charge < -0.3 is 15.3 Å². The predicted molar refractivity (Wildman–Crippen MR) is 58.1 cm³/mol. The van der Waals surface area contributed by atoms with Gasteiger partial charge in [-0.25, -0.2) is 9.59 Å². The lowest BCUT2D eigenvalue weighted by Gasteiger charge is -2.30. The van der Waals surface area contributed by atoms with Gasteiger partial charge in [-0.15, -0.1) is 0 Å². The van der Waals surface area contributed by atoms with Crippen LogP contribution in [0, 0.1) is 0 Å². The fourth-order valence-electron chi connectivity index (χ4n) is 1.03. The minimum atomic E-state index is -5.10. The van der Waals surface area contributed by atoms with Gasteiger partial charge >= 0.3 is 18.2 Å². The molecule has 0 aliphatic carbocycles. The summed E-state index contributed by atoms with van der Waals surface area (Å²) in [4.78, 5) is 23.0. The van der Waals surface area contributed by atoms with E-state index in [1.807, 2.05) is 0 Å². The van der Waals surface area contributed by atoms with Crippen molar-refractivity contribution in [2.75, 3.05) is 13.6 Å². The maximum atomic E-state index is 12.6. The maximum Gasteiger partial charge on any atom is 0.422 e. The van der Waals surface area contributed by atoms with Gasteiger partial charge in [-0.1, -0.05) is 12.2 Å². The summed E-state index contributed by atoms with van der Waals surface area (Å²) in [6.45, 7) is 5.50. The molecule has 2 amide bonds. The molecule has 0 aliphatic heterocycles. The van der Waals surface area contributed by atoms with Gasteiger partial charge in [0.2, 0.25) is 5.54 Å². The van der Waals surface area contributed by atoms with Crippen LogP contribution in [0.4, 0.5) is 18.0 Å². The van der Waals surface area contributed by atoms with Crippen LogP contribution in [0.2, 0.25) is 0 Å². The molecule has 0 radical (unpaired) electrons. The zero-order chi connectivity index (χ0) is 14.7. The summed E-state index contributed by atoms with van der Waals surface area (Å²) < 4.78 is 37.8. The lowest BCUT2D eigenvalue weighted by molar-refractivity contribution is -0.203. The van der Waals surface area contributed by atoms with Gasteiger partial charge in [0.15, 0.2) is 0 Å². The zero-order valence-electron chi connectivity index (χ0n) is 10.3. The van der Waals surface area contributed by atoms with E-state index >= 15 is 0 Å². The molecule has 0 aromatic heterocycles. The summed E-state index contributed by atoms with van der Waals surface area (Å²) in [5.41, 5.74) is -2.77. The summed E-state index contributed by atoms with van der Waals surface area (Å²) in [7, 11) is 1.24. The number of halogens is 3. The fourth-order valence-corrected chi connectivity index (χ4v) is 1.03. The van der Waals surface area contributed by atoms with Crippen LogP contribution in [0.15, 0.2) is 12.2 Å². The number of carbonyl (C=O) groups excluding carboxylic acids is 1. The normalized spacial score (nSPS) is 14.6. The smallest absolute Gasteiger partial charge is 0.422 e. The highest BCUT2D eigenvalue weighted by atomic mass is 19.4. The van der Waals surface area contributed by atoms with Crippen molar-refractivity contribution in [3.05, 3.63) is 12.2 Å². The fraction of sp³-hybridized carbons (Fsp3) is 0.600. The maximum absolute atomic E-state index is 12.6. The van der Waals surface area contributed by atoms with Crippen LogP contribution in [0.5, 0.6) is 0 Å². The molecule has 0 heterocycles. The average molecular weight is 268 g/mol. The van der Waals surface area contributed by atoms with E-state index in [0.717, 1.165) is 4.90 Å². The molecule has 0 fully saturated rings. The number of alkyl halides is 3. The molecule has 8 heteroatoms. The minimum Gasteiger partial charge on any atom is -0.479 e. The van der Waals surface area contributed by atoms with E-state index in [2.05, 4.69) is 6.58 Å². The summed E-state index contributed by atoms with van der Waals surface area (Å²) in [5.74, 6) is -2.17. The van der Waals surface area contributed by atoms with Crippen molar-refractivity contribution in [2.45, 2.75) is 25.6 Å². The molecular formula is C10H15F3N2O3. The van der Waals surface area contributed by atoms with Crippen molar-refractivity contribution in [3.8, 4) is 0 Å². The van der Waals surface area contributed by atoms with E-state index in [1.54, 1.807) is 6.92 Å². The van der Waals surface area contributed by atoms with Crippen molar-refractivity contribution < 1.29 is 27.9 Å². The highest BCUT2D eigenvalue weighted by molar-refractivity contribution is 5.86. The molecule has 0 bridgehead atoms. The molecule has 0 aliphatic rings. The van der Waals surface area contributed by atoms with Gasteiger partial charge in [0.25, 0.3) is 0 Å².